The van der Waals surface area contributed by atoms with E-state index in [1.807, 2.05) is 24.3 Å². The van der Waals surface area contributed by atoms with Gasteiger partial charge in [0.2, 0.25) is 0 Å². The van der Waals surface area contributed by atoms with E-state index < -0.39 is 0 Å². The molecule has 0 saturated carbocycles. The first-order chi connectivity index (χ1) is 11.5. The number of carbonyl (C=O) groups is 1. The van der Waals surface area contributed by atoms with Crippen molar-refractivity contribution in [2.45, 2.75) is 0 Å². The average Bonchev–Trinajstić information content (AvgIpc) is 2.54. The molecule has 1 fully saturated rings. The predicted octanol–water partition coefficient (Wildman–Crippen LogP) is 5.00. The Hall–Kier alpha value is -1.62. The molecule has 0 atom stereocenters. The summed E-state index contributed by atoms with van der Waals surface area (Å²) < 4.78 is 0. The van der Waals surface area contributed by atoms with Crippen LogP contribution in [0.2, 0.25) is 15.1 Å². The Morgan fingerprint density at radius 1 is 0.875 bits per heavy atom. The van der Waals surface area contributed by atoms with Gasteiger partial charge < -0.3 is 15.1 Å². The molecular formula is C17H16Cl3N3O. The van der Waals surface area contributed by atoms with Crippen molar-refractivity contribution in [1.82, 2.24) is 4.90 Å². The van der Waals surface area contributed by atoms with E-state index >= 15 is 0 Å². The van der Waals surface area contributed by atoms with Gasteiger partial charge in [-0.05, 0) is 36.4 Å². The molecule has 0 aromatic heterocycles. The van der Waals surface area contributed by atoms with Crippen LogP contribution in [-0.2, 0) is 0 Å². The molecule has 4 nitrogen and oxygen atoms in total. The lowest BCUT2D eigenvalue weighted by atomic mass is 10.2. The SMILES string of the molecule is O=C(Nc1cc(Cl)cc(Cl)c1)N1CCN(c2cccc(Cl)c2)CC1. The van der Waals surface area contributed by atoms with Crippen LogP contribution in [0.25, 0.3) is 0 Å². The Morgan fingerprint density at radius 3 is 2.17 bits per heavy atom. The first kappa shape index (κ1) is 17.2. The monoisotopic (exact) mass is 383 g/mol. The molecule has 1 aliphatic rings. The number of carbonyl (C=O) groups excluding carboxylic acids is 1. The van der Waals surface area contributed by atoms with E-state index in [0.29, 0.717) is 33.8 Å². The number of hydrogen-bond donors (Lipinski definition) is 1. The lowest BCUT2D eigenvalue weighted by molar-refractivity contribution is 0.208. The maximum absolute atomic E-state index is 12.4. The van der Waals surface area contributed by atoms with Crippen molar-refractivity contribution in [2.24, 2.45) is 0 Å². The average molecular weight is 385 g/mol. The van der Waals surface area contributed by atoms with Crippen LogP contribution in [0.1, 0.15) is 0 Å². The summed E-state index contributed by atoms with van der Waals surface area (Å²) in [6.45, 7) is 2.77. The number of nitrogens with zero attached hydrogens (tertiary/aromatic N) is 2. The molecule has 2 amide bonds. The summed E-state index contributed by atoms with van der Waals surface area (Å²) in [4.78, 5) is 16.4. The molecule has 3 rings (SSSR count). The number of nitrogens with one attached hydrogen (secondary N) is 1. The second-order valence-corrected chi connectivity index (χ2v) is 6.85. The second kappa shape index (κ2) is 7.51. The highest BCUT2D eigenvalue weighted by molar-refractivity contribution is 6.35. The van der Waals surface area contributed by atoms with Crippen molar-refractivity contribution in [2.75, 3.05) is 36.4 Å². The Labute approximate surface area is 155 Å². The van der Waals surface area contributed by atoms with Gasteiger partial charge >= 0.3 is 6.03 Å². The van der Waals surface area contributed by atoms with Crippen molar-refractivity contribution in [3.05, 3.63) is 57.5 Å². The lowest BCUT2D eigenvalue weighted by Crippen LogP contribution is -2.50. The molecule has 0 bridgehead atoms. The van der Waals surface area contributed by atoms with E-state index in [0.717, 1.165) is 18.8 Å². The van der Waals surface area contributed by atoms with Gasteiger partial charge in [-0.15, -0.1) is 0 Å². The third kappa shape index (κ3) is 4.26. The summed E-state index contributed by atoms with van der Waals surface area (Å²) in [7, 11) is 0. The van der Waals surface area contributed by atoms with Crippen LogP contribution >= 0.6 is 34.8 Å². The summed E-state index contributed by atoms with van der Waals surface area (Å²) >= 11 is 17.9. The van der Waals surface area contributed by atoms with E-state index in [4.69, 9.17) is 34.8 Å². The topological polar surface area (TPSA) is 35.6 Å². The number of hydrogen-bond acceptors (Lipinski definition) is 2. The predicted molar refractivity (Wildman–Crippen MR) is 101 cm³/mol. The molecule has 0 unspecified atom stereocenters. The Kier molecular flexibility index (Phi) is 5.39. The Morgan fingerprint density at radius 2 is 1.54 bits per heavy atom. The fourth-order valence-electron chi connectivity index (χ4n) is 2.67. The van der Waals surface area contributed by atoms with Gasteiger partial charge in [0.05, 0.1) is 0 Å². The maximum atomic E-state index is 12.4. The minimum Gasteiger partial charge on any atom is -0.368 e. The summed E-state index contributed by atoms with van der Waals surface area (Å²) in [5.41, 5.74) is 1.67. The molecule has 1 N–H and O–H groups in total. The van der Waals surface area contributed by atoms with E-state index in [1.54, 1.807) is 23.1 Å². The standard InChI is InChI=1S/C17H16Cl3N3O/c18-12-2-1-3-16(11-12)22-4-6-23(7-5-22)17(24)21-15-9-13(19)8-14(20)10-15/h1-3,8-11H,4-7H2,(H,21,24). The molecule has 2 aromatic rings. The van der Waals surface area contributed by atoms with E-state index in [9.17, 15) is 4.79 Å². The number of amides is 2. The number of halogens is 3. The van der Waals surface area contributed by atoms with Crippen molar-refractivity contribution >= 4 is 52.2 Å². The highest BCUT2D eigenvalue weighted by atomic mass is 35.5. The molecule has 1 aliphatic heterocycles. The molecule has 0 spiro atoms. The number of anilines is 2. The quantitative estimate of drug-likeness (QED) is 0.791. The van der Waals surface area contributed by atoms with Crippen molar-refractivity contribution in [3.63, 3.8) is 0 Å². The van der Waals surface area contributed by atoms with E-state index in [2.05, 4.69) is 10.2 Å². The minimum absolute atomic E-state index is 0.154. The van der Waals surface area contributed by atoms with Crippen molar-refractivity contribution < 1.29 is 4.79 Å². The smallest absolute Gasteiger partial charge is 0.321 e. The molecule has 24 heavy (non-hydrogen) atoms. The maximum Gasteiger partial charge on any atom is 0.321 e. The van der Waals surface area contributed by atoms with Crippen molar-refractivity contribution in [1.29, 1.82) is 0 Å². The Bertz CT molecular complexity index is 725. The summed E-state index contributed by atoms with van der Waals surface area (Å²) in [6, 6.07) is 12.6. The first-order valence-corrected chi connectivity index (χ1v) is 8.67. The van der Waals surface area contributed by atoms with Gasteiger partial charge in [0.1, 0.15) is 0 Å². The van der Waals surface area contributed by atoms with Gasteiger partial charge in [-0.25, -0.2) is 4.79 Å². The molecule has 0 aliphatic carbocycles. The molecule has 0 radical (unpaired) electrons. The van der Waals surface area contributed by atoms with Gasteiger partial charge in [0, 0.05) is 52.6 Å². The van der Waals surface area contributed by atoms with Crippen LogP contribution < -0.4 is 10.2 Å². The number of rotatable bonds is 2. The largest absolute Gasteiger partial charge is 0.368 e. The zero-order valence-corrected chi connectivity index (χ0v) is 15.1. The molecule has 7 heteroatoms. The van der Waals surface area contributed by atoms with E-state index in [1.165, 1.54) is 0 Å². The van der Waals surface area contributed by atoms with Gasteiger partial charge in [0.25, 0.3) is 0 Å². The number of benzene rings is 2. The van der Waals surface area contributed by atoms with Crippen molar-refractivity contribution in [3.8, 4) is 0 Å². The molecule has 2 aromatic carbocycles. The molecule has 1 saturated heterocycles. The number of urea groups is 1. The Balaban J connectivity index is 1.59. The van der Waals surface area contributed by atoms with Gasteiger partial charge in [-0.3, -0.25) is 0 Å². The molecule has 1 heterocycles. The summed E-state index contributed by atoms with van der Waals surface area (Å²) in [5.74, 6) is 0. The third-order valence-corrected chi connectivity index (χ3v) is 4.53. The summed E-state index contributed by atoms with van der Waals surface area (Å²) in [5, 5.41) is 4.53. The lowest BCUT2D eigenvalue weighted by Gasteiger charge is -2.36. The van der Waals surface area contributed by atoms with Crippen LogP contribution in [0, 0.1) is 0 Å². The highest BCUT2D eigenvalue weighted by Crippen LogP contribution is 2.24. The molecule has 126 valence electrons. The van der Waals surface area contributed by atoms with Crippen LogP contribution in [0.3, 0.4) is 0 Å². The minimum atomic E-state index is -0.154. The zero-order chi connectivity index (χ0) is 17.1. The number of piperazine rings is 1. The fraction of sp³-hybridized carbons (Fsp3) is 0.235. The van der Waals surface area contributed by atoms with Gasteiger partial charge in [-0.1, -0.05) is 40.9 Å². The van der Waals surface area contributed by atoms with Crippen LogP contribution in [0.5, 0.6) is 0 Å². The summed E-state index contributed by atoms with van der Waals surface area (Å²) in [6.07, 6.45) is 0. The van der Waals surface area contributed by atoms with E-state index in [-0.39, 0.29) is 6.03 Å². The van der Waals surface area contributed by atoms with Gasteiger partial charge in [0.15, 0.2) is 0 Å². The van der Waals surface area contributed by atoms with Gasteiger partial charge in [-0.2, -0.15) is 0 Å². The first-order valence-electron chi connectivity index (χ1n) is 7.54. The normalized spacial score (nSPS) is 14.6. The molecular weight excluding hydrogens is 369 g/mol. The highest BCUT2D eigenvalue weighted by Gasteiger charge is 2.21. The second-order valence-electron chi connectivity index (χ2n) is 5.54. The van der Waals surface area contributed by atoms with Crippen LogP contribution in [0.4, 0.5) is 16.2 Å². The van der Waals surface area contributed by atoms with Crippen LogP contribution in [-0.4, -0.2) is 37.1 Å². The fourth-order valence-corrected chi connectivity index (χ4v) is 3.38. The van der Waals surface area contributed by atoms with Crippen LogP contribution in [0.15, 0.2) is 42.5 Å². The zero-order valence-electron chi connectivity index (χ0n) is 12.8. The third-order valence-electron chi connectivity index (χ3n) is 3.85.